The first kappa shape index (κ1) is 15.7. The molecule has 0 aliphatic rings. The second-order valence-electron chi connectivity index (χ2n) is 4.28. The van der Waals surface area contributed by atoms with Gasteiger partial charge in [-0.05, 0) is 19.0 Å². The van der Waals surface area contributed by atoms with Crippen molar-refractivity contribution in [1.82, 2.24) is 10.0 Å². The molecule has 1 aromatic rings. The minimum atomic E-state index is -3.52. The Morgan fingerprint density at radius 1 is 1.26 bits per heavy atom. The monoisotopic (exact) mass is 284 g/mol. The van der Waals surface area contributed by atoms with Crippen molar-refractivity contribution in [3.63, 3.8) is 0 Å². The number of benzene rings is 1. The van der Waals surface area contributed by atoms with Gasteiger partial charge in [0.25, 0.3) is 0 Å². The third-order valence-corrected chi connectivity index (χ3v) is 4.01. The van der Waals surface area contributed by atoms with Gasteiger partial charge >= 0.3 is 0 Å². The largest absolute Gasteiger partial charge is 0.348 e. The fraction of sp³-hybridized carbons (Fsp3) is 0.462. The molecule has 2 N–H and O–H groups in total. The smallest absolute Gasteiger partial charge is 0.237 e. The van der Waals surface area contributed by atoms with Crippen LogP contribution in [-0.2, 0) is 14.8 Å². The summed E-state index contributed by atoms with van der Waals surface area (Å²) in [5, 5.41) is 2.77. The molecule has 0 aromatic heterocycles. The average molecular weight is 284 g/mol. The summed E-state index contributed by atoms with van der Waals surface area (Å²) < 4.78 is 24.8. The normalized spacial score (nSPS) is 12.9. The second kappa shape index (κ2) is 7.25. The van der Waals surface area contributed by atoms with Gasteiger partial charge in [0.15, 0.2) is 0 Å². The van der Waals surface area contributed by atoms with Crippen molar-refractivity contribution in [3.05, 3.63) is 35.9 Å². The summed E-state index contributed by atoms with van der Waals surface area (Å²) in [6, 6.07) is 9.40. The predicted molar refractivity (Wildman–Crippen MR) is 75.1 cm³/mol. The van der Waals surface area contributed by atoms with E-state index in [-0.39, 0.29) is 6.04 Å². The van der Waals surface area contributed by atoms with Crippen molar-refractivity contribution < 1.29 is 13.2 Å². The molecule has 0 spiro atoms. The SMILES string of the molecule is CCC[C@@H](NC(=O)CS(=O)(=O)NC)c1ccccc1. The van der Waals surface area contributed by atoms with Gasteiger partial charge in [0.05, 0.1) is 6.04 Å². The van der Waals surface area contributed by atoms with Crippen molar-refractivity contribution >= 4 is 15.9 Å². The summed E-state index contributed by atoms with van der Waals surface area (Å²) in [6.45, 7) is 2.02. The molecule has 19 heavy (non-hydrogen) atoms. The standard InChI is InChI=1S/C13H20N2O3S/c1-3-7-12(11-8-5-4-6-9-11)15-13(16)10-19(17,18)14-2/h4-6,8-9,12,14H,3,7,10H2,1-2H3,(H,15,16)/t12-/m1/s1. The molecule has 0 heterocycles. The fourth-order valence-electron chi connectivity index (χ4n) is 1.78. The zero-order chi connectivity index (χ0) is 14.3. The van der Waals surface area contributed by atoms with Crippen molar-refractivity contribution in [1.29, 1.82) is 0 Å². The lowest BCUT2D eigenvalue weighted by atomic mass is 10.0. The van der Waals surface area contributed by atoms with Gasteiger partial charge in [0, 0.05) is 0 Å². The van der Waals surface area contributed by atoms with Crippen LogP contribution >= 0.6 is 0 Å². The summed E-state index contributed by atoms with van der Waals surface area (Å²) in [5.74, 6) is -1.03. The lowest BCUT2D eigenvalue weighted by Crippen LogP contribution is -2.36. The van der Waals surface area contributed by atoms with E-state index >= 15 is 0 Å². The fourth-order valence-corrected chi connectivity index (χ4v) is 2.35. The second-order valence-corrected chi connectivity index (χ2v) is 6.21. The van der Waals surface area contributed by atoms with Crippen LogP contribution in [0.2, 0.25) is 0 Å². The van der Waals surface area contributed by atoms with E-state index < -0.39 is 21.7 Å². The molecular formula is C13H20N2O3S. The van der Waals surface area contributed by atoms with Crippen LogP contribution in [0.5, 0.6) is 0 Å². The summed E-state index contributed by atoms with van der Waals surface area (Å²) in [6.07, 6.45) is 1.67. The predicted octanol–water partition coefficient (Wildman–Crippen LogP) is 1.19. The average Bonchev–Trinajstić information content (AvgIpc) is 2.38. The van der Waals surface area contributed by atoms with E-state index in [0.717, 1.165) is 18.4 Å². The van der Waals surface area contributed by atoms with Gasteiger partial charge in [0.2, 0.25) is 15.9 Å². The molecule has 106 valence electrons. The molecule has 0 bridgehead atoms. The highest BCUT2D eigenvalue weighted by Crippen LogP contribution is 2.17. The van der Waals surface area contributed by atoms with E-state index in [9.17, 15) is 13.2 Å². The number of carbonyl (C=O) groups is 1. The molecule has 1 aromatic carbocycles. The third-order valence-electron chi connectivity index (χ3n) is 2.75. The Balaban J connectivity index is 2.72. The summed E-state index contributed by atoms with van der Waals surface area (Å²) in [5.41, 5.74) is 0.986. The Labute approximate surface area is 114 Å². The van der Waals surface area contributed by atoms with Crippen LogP contribution in [0.1, 0.15) is 31.4 Å². The minimum Gasteiger partial charge on any atom is -0.348 e. The van der Waals surface area contributed by atoms with Gasteiger partial charge < -0.3 is 5.32 Å². The Bertz CT molecular complexity index is 500. The number of hydrogen-bond donors (Lipinski definition) is 2. The molecule has 0 saturated carbocycles. The third kappa shape index (κ3) is 5.40. The molecule has 0 aliphatic carbocycles. The van der Waals surface area contributed by atoms with Crippen molar-refractivity contribution in [2.45, 2.75) is 25.8 Å². The maximum atomic E-state index is 11.7. The molecule has 0 aliphatic heterocycles. The maximum absolute atomic E-state index is 11.7. The van der Waals surface area contributed by atoms with E-state index in [1.165, 1.54) is 7.05 Å². The Hall–Kier alpha value is -1.40. The van der Waals surface area contributed by atoms with Gasteiger partial charge in [0.1, 0.15) is 5.75 Å². The molecule has 0 unspecified atom stereocenters. The number of amides is 1. The summed E-state index contributed by atoms with van der Waals surface area (Å²) in [4.78, 5) is 11.7. The molecule has 0 saturated heterocycles. The Morgan fingerprint density at radius 2 is 1.89 bits per heavy atom. The minimum absolute atomic E-state index is 0.147. The van der Waals surface area contributed by atoms with Gasteiger partial charge in [-0.15, -0.1) is 0 Å². The molecule has 6 heteroatoms. The molecule has 1 rings (SSSR count). The molecule has 1 atom stereocenters. The van der Waals surface area contributed by atoms with Crippen LogP contribution in [0.25, 0.3) is 0 Å². The van der Waals surface area contributed by atoms with Gasteiger partial charge in [-0.25, -0.2) is 13.1 Å². The lowest BCUT2D eigenvalue weighted by molar-refractivity contribution is -0.119. The first-order valence-corrected chi connectivity index (χ1v) is 7.89. The Kier molecular flexibility index (Phi) is 5.98. The van der Waals surface area contributed by atoms with Gasteiger partial charge in [-0.2, -0.15) is 0 Å². The first-order chi connectivity index (χ1) is 8.98. The van der Waals surface area contributed by atoms with Crippen LogP contribution in [0.15, 0.2) is 30.3 Å². The highest BCUT2D eigenvalue weighted by Gasteiger charge is 2.18. The first-order valence-electron chi connectivity index (χ1n) is 6.24. The zero-order valence-corrected chi connectivity index (χ0v) is 12.0. The quantitative estimate of drug-likeness (QED) is 0.790. The van der Waals surface area contributed by atoms with E-state index in [1.54, 1.807) is 0 Å². The molecular weight excluding hydrogens is 264 g/mol. The van der Waals surface area contributed by atoms with Crippen LogP contribution in [-0.4, -0.2) is 27.1 Å². The zero-order valence-electron chi connectivity index (χ0n) is 11.2. The van der Waals surface area contributed by atoms with E-state index in [4.69, 9.17) is 0 Å². The molecule has 1 amide bonds. The van der Waals surface area contributed by atoms with Crippen LogP contribution in [0.4, 0.5) is 0 Å². The number of sulfonamides is 1. The molecule has 0 fully saturated rings. The Morgan fingerprint density at radius 3 is 2.42 bits per heavy atom. The summed E-state index contributed by atoms with van der Waals surface area (Å²) in [7, 11) is -2.23. The van der Waals surface area contributed by atoms with E-state index in [1.807, 2.05) is 37.3 Å². The number of nitrogens with one attached hydrogen (secondary N) is 2. The highest BCUT2D eigenvalue weighted by molar-refractivity contribution is 7.90. The summed E-state index contributed by atoms with van der Waals surface area (Å²) >= 11 is 0. The van der Waals surface area contributed by atoms with Gasteiger partial charge in [-0.3, -0.25) is 4.79 Å². The van der Waals surface area contributed by atoms with Crippen LogP contribution < -0.4 is 10.0 Å². The molecule has 0 radical (unpaired) electrons. The highest BCUT2D eigenvalue weighted by atomic mass is 32.2. The topological polar surface area (TPSA) is 75.3 Å². The van der Waals surface area contributed by atoms with Crippen LogP contribution in [0, 0.1) is 0 Å². The van der Waals surface area contributed by atoms with Crippen molar-refractivity contribution in [3.8, 4) is 0 Å². The number of rotatable bonds is 7. The number of carbonyl (C=O) groups excluding carboxylic acids is 1. The van der Waals surface area contributed by atoms with Crippen LogP contribution in [0.3, 0.4) is 0 Å². The lowest BCUT2D eigenvalue weighted by Gasteiger charge is -2.18. The van der Waals surface area contributed by atoms with Gasteiger partial charge in [-0.1, -0.05) is 43.7 Å². The van der Waals surface area contributed by atoms with E-state index in [2.05, 4.69) is 10.0 Å². The number of hydrogen-bond acceptors (Lipinski definition) is 3. The van der Waals surface area contributed by atoms with Crippen molar-refractivity contribution in [2.75, 3.05) is 12.8 Å². The molecule has 5 nitrogen and oxygen atoms in total. The maximum Gasteiger partial charge on any atom is 0.237 e. The van der Waals surface area contributed by atoms with E-state index in [0.29, 0.717) is 0 Å². The van der Waals surface area contributed by atoms with Crippen molar-refractivity contribution in [2.24, 2.45) is 0 Å².